The van der Waals surface area contributed by atoms with E-state index >= 15 is 0 Å². The van der Waals surface area contributed by atoms with Gasteiger partial charge in [-0.25, -0.2) is 4.57 Å². The van der Waals surface area contributed by atoms with Crippen LogP contribution in [0.15, 0.2) is 60.7 Å². The molecule has 2 aromatic rings. The van der Waals surface area contributed by atoms with Gasteiger partial charge in [0, 0.05) is 0 Å². The molecule has 2 rings (SSSR count). The number of para-hydroxylation sites is 1. The Balaban J connectivity index is 2.07. The average Bonchev–Trinajstić information content (AvgIpc) is 2.30. The van der Waals surface area contributed by atoms with Gasteiger partial charge >= 0.3 is 7.60 Å². The van der Waals surface area contributed by atoms with Gasteiger partial charge in [-0.15, -0.1) is 0 Å². The van der Waals surface area contributed by atoms with Crippen LogP contribution in [0.5, 0.6) is 5.75 Å². The van der Waals surface area contributed by atoms with Gasteiger partial charge in [0.05, 0.1) is 6.16 Å². The molecule has 0 amide bonds. The maximum atomic E-state index is 11.9. The van der Waals surface area contributed by atoms with Crippen LogP contribution in [0, 0.1) is 0 Å². The van der Waals surface area contributed by atoms with Crippen molar-refractivity contribution in [3.63, 3.8) is 0 Å². The van der Waals surface area contributed by atoms with Crippen LogP contribution in [-0.4, -0.2) is 4.89 Å². The van der Waals surface area contributed by atoms with Gasteiger partial charge in [0.1, 0.15) is 5.75 Å². The normalized spacial score (nSPS) is 13.9. The van der Waals surface area contributed by atoms with Gasteiger partial charge in [0.15, 0.2) is 0 Å². The van der Waals surface area contributed by atoms with Gasteiger partial charge < -0.3 is 9.42 Å². The summed E-state index contributed by atoms with van der Waals surface area (Å²) in [6.45, 7) is 0. The minimum absolute atomic E-state index is 0.0166. The van der Waals surface area contributed by atoms with E-state index < -0.39 is 7.60 Å². The average molecular weight is 248 g/mol. The first-order valence-electron chi connectivity index (χ1n) is 5.26. The third kappa shape index (κ3) is 3.74. The van der Waals surface area contributed by atoms with E-state index in [9.17, 15) is 9.46 Å². The van der Waals surface area contributed by atoms with Gasteiger partial charge in [-0.1, -0.05) is 48.5 Å². The van der Waals surface area contributed by atoms with Crippen molar-refractivity contribution >= 4 is 7.60 Å². The van der Waals surface area contributed by atoms with E-state index in [0.717, 1.165) is 5.56 Å². The Morgan fingerprint density at radius 1 is 0.941 bits per heavy atom. The van der Waals surface area contributed by atoms with Crippen molar-refractivity contribution in [1.29, 1.82) is 0 Å². The third-order valence-corrected chi connectivity index (χ3v) is 3.48. The molecule has 3 nitrogen and oxygen atoms in total. The molecule has 0 aromatic heterocycles. The van der Waals surface area contributed by atoms with Crippen LogP contribution >= 0.6 is 7.60 Å². The Bertz CT molecular complexity index is 465. The van der Waals surface area contributed by atoms with E-state index in [-0.39, 0.29) is 6.16 Å². The van der Waals surface area contributed by atoms with E-state index in [0.29, 0.717) is 5.75 Å². The van der Waals surface area contributed by atoms with Crippen molar-refractivity contribution in [1.82, 2.24) is 0 Å². The molecule has 4 heteroatoms. The van der Waals surface area contributed by atoms with Crippen LogP contribution in [0.3, 0.4) is 0 Å². The molecule has 0 aliphatic rings. The molecule has 0 aliphatic heterocycles. The second-order valence-corrected chi connectivity index (χ2v) is 5.46. The van der Waals surface area contributed by atoms with E-state index in [1.807, 2.05) is 24.3 Å². The minimum atomic E-state index is -3.64. The molecule has 17 heavy (non-hydrogen) atoms. The lowest BCUT2D eigenvalue weighted by Crippen LogP contribution is -1.95. The van der Waals surface area contributed by atoms with Crippen molar-refractivity contribution in [2.45, 2.75) is 6.16 Å². The van der Waals surface area contributed by atoms with Crippen molar-refractivity contribution < 1.29 is 14.0 Å². The van der Waals surface area contributed by atoms with Crippen LogP contribution in [0.1, 0.15) is 5.56 Å². The fourth-order valence-corrected chi connectivity index (χ4v) is 2.68. The maximum absolute atomic E-state index is 11.9. The fraction of sp³-hybridized carbons (Fsp3) is 0.0769. The Hall–Kier alpha value is -1.57. The molecule has 2 aromatic carbocycles. The molecule has 0 fully saturated rings. The number of rotatable bonds is 4. The zero-order valence-corrected chi connectivity index (χ0v) is 10.1. The largest absolute Gasteiger partial charge is 0.424 e. The highest BCUT2D eigenvalue weighted by molar-refractivity contribution is 7.52. The molecule has 1 atom stereocenters. The zero-order valence-electron chi connectivity index (χ0n) is 9.19. The van der Waals surface area contributed by atoms with Gasteiger partial charge in [-0.2, -0.15) is 0 Å². The maximum Gasteiger partial charge on any atom is 0.380 e. The Labute approximate surface area is 100 Å². The van der Waals surface area contributed by atoms with E-state index in [1.165, 1.54) is 0 Å². The quantitative estimate of drug-likeness (QED) is 0.843. The molecule has 1 unspecified atom stereocenters. The molecule has 0 heterocycles. The second kappa shape index (κ2) is 5.17. The first-order valence-corrected chi connectivity index (χ1v) is 7.02. The number of hydrogen-bond donors (Lipinski definition) is 1. The highest BCUT2D eigenvalue weighted by Crippen LogP contribution is 2.45. The molecular formula is C13H13O3P. The summed E-state index contributed by atoms with van der Waals surface area (Å²) in [5, 5.41) is 0. The molecule has 1 N–H and O–H groups in total. The van der Waals surface area contributed by atoms with Crippen LogP contribution in [-0.2, 0) is 10.7 Å². The van der Waals surface area contributed by atoms with Crippen molar-refractivity contribution in [2.75, 3.05) is 0 Å². The fourth-order valence-electron chi connectivity index (χ4n) is 1.49. The van der Waals surface area contributed by atoms with Crippen molar-refractivity contribution in [2.24, 2.45) is 0 Å². The zero-order chi connectivity index (χ0) is 12.1. The summed E-state index contributed by atoms with van der Waals surface area (Å²) in [7, 11) is -3.64. The van der Waals surface area contributed by atoms with E-state index in [1.54, 1.807) is 36.4 Å². The van der Waals surface area contributed by atoms with Gasteiger partial charge in [0.2, 0.25) is 0 Å². The molecule has 0 saturated heterocycles. The highest BCUT2D eigenvalue weighted by Gasteiger charge is 2.21. The molecule has 88 valence electrons. The van der Waals surface area contributed by atoms with Crippen molar-refractivity contribution in [3.8, 4) is 5.75 Å². The number of benzene rings is 2. The van der Waals surface area contributed by atoms with E-state index in [2.05, 4.69) is 0 Å². The van der Waals surface area contributed by atoms with Gasteiger partial charge in [-0.3, -0.25) is 0 Å². The number of hydrogen-bond acceptors (Lipinski definition) is 2. The van der Waals surface area contributed by atoms with Crippen molar-refractivity contribution in [3.05, 3.63) is 66.2 Å². The first-order chi connectivity index (χ1) is 8.16. The first kappa shape index (κ1) is 11.9. The second-order valence-electron chi connectivity index (χ2n) is 3.69. The molecule has 0 aliphatic carbocycles. The lowest BCUT2D eigenvalue weighted by Gasteiger charge is -2.13. The molecule has 0 saturated carbocycles. The summed E-state index contributed by atoms with van der Waals surface area (Å²) in [5.74, 6) is 0.411. The Kier molecular flexibility index (Phi) is 3.62. The summed E-state index contributed by atoms with van der Waals surface area (Å²) >= 11 is 0. The summed E-state index contributed by atoms with van der Waals surface area (Å²) in [5.41, 5.74) is 0.786. The molecule has 0 radical (unpaired) electrons. The summed E-state index contributed by atoms with van der Waals surface area (Å²) in [6.07, 6.45) is 0.0166. The highest BCUT2D eigenvalue weighted by atomic mass is 31.2. The van der Waals surface area contributed by atoms with Gasteiger partial charge in [0.25, 0.3) is 0 Å². The lowest BCUT2D eigenvalue weighted by molar-refractivity contribution is 0.378. The topological polar surface area (TPSA) is 46.5 Å². The molecule has 0 spiro atoms. The van der Waals surface area contributed by atoms with E-state index in [4.69, 9.17) is 4.52 Å². The minimum Gasteiger partial charge on any atom is -0.424 e. The Morgan fingerprint density at radius 2 is 1.47 bits per heavy atom. The summed E-state index contributed by atoms with van der Waals surface area (Å²) in [4.78, 5) is 9.75. The summed E-state index contributed by atoms with van der Waals surface area (Å²) < 4.78 is 17.0. The Morgan fingerprint density at radius 3 is 2.06 bits per heavy atom. The predicted octanol–water partition coefficient (Wildman–Crippen LogP) is 3.45. The monoisotopic (exact) mass is 248 g/mol. The van der Waals surface area contributed by atoms with Crippen LogP contribution in [0.2, 0.25) is 0 Å². The molecular weight excluding hydrogens is 235 g/mol. The lowest BCUT2D eigenvalue weighted by atomic mass is 10.2. The third-order valence-electron chi connectivity index (χ3n) is 2.22. The predicted molar refractivity (Wildman–Crippen MR) is 67.0 cm³/mol. The SMILES string of the molecule is O=P(O)(Cc1ccccc1)Oc1ccccc1. The van der Waals surface area contributed by atoms with Crippen LogP contribution < -0.4 is 4.52 Å². The van der Waals surface area contributed by atoms with Crippen LogP contribution in [0.4, 0.5) is 0 Å². The van der Waals surface area contributed by atoms with Gasteiger partial charge in [-0.05, 0) is 17.7 Å². The standard InChI is InChI=1S/C13H13O3P/c14-17(15,11-12-7-3-1-4-8-12)16-13-9-5-2-6-10-13/h1-10H,11H2,(H,14,15). The van der Waals surface area contributed by atoms with Crippen LogP contribution in [0.25, 0.3) is 0 Å². The smallest absolute Gasteiger partial charge is 0.380 e. The molecule has 0 bridgehead atoms. The summed E-state index contributed by atoms with van der Waals surface area (Å²) in [6, 6.07) is 17.8.